The molecule has 190 valence electrons. The van der Waals surface area contributed by atoms with Crippen LogP contribution < -0.4 is 15.2 Å². The van der Waals surface area contributed by atoms with Gasteiger partial charge in [-0.3, -0.25) is 9.78 Å². The number of nitrogens with zero attached hydrogens (tertiary/aromatic N) is 3. The molecule has 2 fully saturated rings. The van der Waals surface area contributed by atoms with Crippen LogP contribution in [0.3, 0.4) is 0 Å². The van der Waals surface area contributed by atoms with Gasteiger partial charge >= 0.3 is 12.3 Å². The van der Waals surface area contributed by atoms with Crippen molar-refractivity contribution in [2.45, 2.75) is 30.7 Å². The molecule has 8 nitrogen and oxygen atoms in total. The van der Waals surface area contributed by atoms with Crippen molar-refractivity contribution in [2.75, 3.05) is 18.0 Å². The number of aromatic carboxylic acids is 1. The minimum absolute atomic E-state index is 0.199. The summed E-state index contributed by atoms with van der Waals surface area (Å²) in [5.74, 6) is -2.27. The third-order valence-electron chi connectivity index (χ3n) is 7.62. The van der Waals surface area contributed by atoms with E-state index in [4.69, 9.17) is 11.6 Å². The van der Waals surface area contributed by atoms with Gasteiger partial charge in [0, 0.05) is 47.6 Å². The molecule has 3 unspecified atom stereocenters. The molecule has 1 saturated heterocycles. The molecular weight excluding hydrogens is 503 g/mol. The van der Waals surface area contributed by atoms with Crippen LogP contribution in [0.15, 0.2) is 41.3 Å². The normalized spacial score (nSPS) is 25.5. The molecule has 12 heteroatoms. The van der Waals surface area contributed by atoms with E-state index in [2.05, 4.69) is 9.72 Å². The fourth-order valence-corrected chi connectivity index (χ4v) is 5.84. The van der Waals surface area contributed by atoms with E-state index in [0.717, 1.165) is 12.3 Å². The lowest BCUT2D eigenvalue weighted by molar-refractivity contribution is -0.274. The first-order valence-electron chi connectivity index (χ1n) is 11.0. The number of aryl methyl sites for hydroxylation is 1. The van der Waals surface area contributed by atoms with Crippen LogP contribution in [-0.2, 0) is 12.5 Å². The number of alkyl halides is 3. The molecule has 0 spiro atoms. The van der Waals surface area contributed by atoms with Crippen molar-refractivity contribution in [3.05, 3.63) is 63.2 Å². The van der Waals surface area contributed by atoms with Gasteiger partial charge in [0.2, 0.25) is 0 Å². The highest BCUT2D eigenvalue weighted by molar-refractivity contribution is 6.31. The zero-order valence-electron chi connectivity index (χ0n) is 19.1. The lowest BCUT2D eigenvalue weighted by Gasteiger charge is -2.32. The summed E-state index contributed by atoms with van der Waals surface area (Å²) in [5.41, 5.74) is -2.04. The minimum Gasteiger partial charge on any atom is -0.477 e. The van der Waals surface area contributed by atoms with Gasteiger partial charge in [0.25, 0.3) is 5.56 Å². The van der Waals surface area contributed by atoms with Crippen molar-refractivity contribution in [2.24, 2.45) is 13.0 Å². The number of carboxylic acids is 1. The zero-order valence-corrected chi connectivity index (χ0v) is 19.9. The summed E-state index contributed by atoms with van der Waals surface area (Å²) < 4.78 is 42.7. The van der Waals surface area contributed by atoms with E-state index in [-0.39, 0.29) is 25.2 Å². The molecule has 2 aliphatic rings. The first-order valence-corrected chi connectivity index (χ1v) is 11.4. The lowest BCUT2D eigenvalue weighted by atomic mass is 9.97. The van der Waals surface area contributed by atoms with Gasteiger partial charge in [0.15, 0.2) is 0 Å². The number of hydrogen-bond donors (Lipinski definition) is 2. The molecule has 1 aliphatic carbocycles. The first kappa shape index (κ1) is 24.4. The van der Waals surface area contributed by atoms with Gasteiger partial charge in [-0.15, -0.1) is 13.2 Å². The van der Waals surface area contributed by atoms with E-state index in [9.17, 15) is 33.0 Å². The number of piperidine rings is 1. The predicted octanol–water partition coefficient (Wildman–Crippen LogP) is 3.71. The molecule has 1 aromatic carbocycles. The third-order valence-corrected chi connectivity index (χ3v) is 7.85. The number of ether oxygens (including phenoxy) is 1. The average molecular weight is 524 g/mol. The predicted molar refractivity (Wildman–Crippen MR) is 125 cm³/mol. The molecule has 2 N–H and O–H groups in total. The number of carboxylic acid groups (broad SMARTS) is 1. The van der Waals surface area contributed by atoms with Crippen molar-refractivity contribution in [1.29, 1.82) is 0 Å². The fraction of sp³-hybridized carbons (Fsp3) is 0.375. The van der Waals surface area contributed by atoms with Gasteiger partial charge < -0.3 is 24.4 Å². The van der Waals surface area contributed by atoms with Crippen molar-refractivity contribution >= 4 is 34.2 Å². The molecule has 1 saturated carbocycles. The fourth-order valence-electron chi connectivity index (χ4n) is 5.67. The molecule has 3 aromatic rings. The van der Waals surface area contributed by atoms with Crippen LogP contribution in [0.25, 0.3) is 10.9 Å². The van der Waals surface area contributed by atoms with Crippen molar-refractivity contribution in [1.82, 2.24) is 9.55 Å². The highest BCUT2D eigenvalue weighted by Crippen LogP contribution is 2.66. The number of fused-ring (bicyclic) bond motifs is 2. The second-order valence-electron chi connectivity index (χ2n) is 9.36. The Labute approximate surface area is 207 Å². The van der Waals surface area contributed by atoms with Crippen molar-refractivity contribution < 1.29 is 32.9 Å². The topological polar surface area (TPSA) is 105 Å². The number of aromatic nitrogens is 2. The number of hydrogen-bond acceptors (Lipinski definition) is 6. The molecule has 3 heterocycles. The Balaban J connectivity index is 1.54. The summed E-state index contributed by atoms with van der Waals surface area (Å²) in [4.78, 5) is 31.0. The molecular formula is C24H21ClF3N3O5. The standard InChI is InChI=1S/C24H21ClF3N3O5/c1-22(17-6-4-13(10-29-17)36-24(26,27)28)16-11-31(8-7-23(16,22)35)19-14-9-12(25)3-5-15(14)30(2)20(32)18(19)21(33)34/h3-6,9-10,16,35H,7-8,11H2,1-2H3,(H,33,34). The Morgan fingerprint density at radius 1 is 1.28 bits per heavy atom. The molecule has 1 aliphatic heterocycles. The molecule has 5 rings (SSSR count). The number of benzene rings is 1. The maximum atomic E-state index is 13.0. The largest absolute Gasteiger partial charge is 0.573 e. The third kappa shape index (κ3) is 3.52. The van der Waals surface area contributed by atoms with Gasteiger partial charge in [-0.05, 0) is 36.8 Å². The first-order chi connectivity index (χ1) is 16.8. The lowest BCUT2D eigenvalue weighted by Crippen LogP contribution is -2.40. The smallest absolute Gasteiger partial charge is 0.477 e. The second-order valence-corrected chi connectivity index (χ2v) is 9.79. The molecule has 0 amide bonds. The van der Waals surface area contributed by atoms with E-state index in [0.29, 0.717) is 21.6 Å². The maximum Gasteiger partial charge on any atom is 0.573 e. The number of carbonyl (C=O) groups is 1. The molecule has 0 bridgehead atoms. The van der Waals surface area contributed by atoms with Crippen LogP contribution in [0, 0.1) is 5.92 Å². The van der Waals surface area contributed by atoms with Gasteiger partial charge in [-0.1, -0.05) is 18.5 Å². The van der Waals surface area contributed by atoms with Crippen LogP contribution >= 0.6 is 11.6 Å². The number of anilines is 1. The van der Waals surface area contributed by atoms with Crippen LogP contribution in [0.4, 0.5) is 18.9 Å². The molecule has 0 radical (unpaired) electrons. The van der Waals surface area contributed by atoms with Gasteiger partial charge in [0.05, 0.1) is 23.0 Å². The summed E-state index contributed by atoms with van der Waals surface area (Å²) in [6.07, 6.45) is -3.66. The molecule has 3 atom stereocenters. The average Bonchev–Trinajstić information content (AvgIpc) is 3.30. The van der Waals surface area contributed by atoms with Gasteiger partial charge in [-0.2, -0.15) is 0 Å². The Kier molecular flexibility index (Phi) is 5.31. The Morgan fingerprint density at radius 3 is 2.61 bits per heavy atom. The number of pyridine rings is 2. The van der Waals surface area contributed by atoms with E-state index >= 15 is 0 Å². The van der Waals surface area contributed by atoms with E-state index in [1.165, 1.54) is 17.7 Å². The number of halogens is 4. The number of rotatable bonds is 4. The number of aliphatic hydroxyl groups is 1. The van der Waals surface area contributed by atoms with Gasteiger partial charge in [-0.25, -0.2) is 4.79 Å². The second kappa shape index (κ2) is 7.84. The van der Waals surface area contributed by atoms with Crippen LogP contribution in [0.1, 0.15) is 29.4 Å². The van der Waals surface area contributed by atoms with E-state index < -0.39 is 46.1 Å². The summed E-state index contributed by atoms with van der Waals surface area (Å²) in [6.45, 7) is 2.21. The van der Waals surface area contributed by atoms with Crippen LogP contribution in [0.5, 0.6) is 5.75 Å². The monoisotopic (exact) mass is 523 g/mol. The summed E-state index contributed by atoms with van der Waals surface area (Å²) >= 11 is 6.21. The Hall–Kier alpha value is -3.31. The Bertz CT molecular complexity index is 1460. The van der Waals surface area contributed by atoms with Crippen molar-refractivity contribution in [3.63, 3.8) is 0 Å². The maximum absolute atomic E-state index is 13.0. The quantitative estimate of drug-likeness (QED) is 0.537. The summed E-state index contributed by atoms with van der Waals surface area (Å²) in [7, 11) is 1.49. The summed E-state index contributed by atoms with van der Waals surface area (Å²) in [5, 5.41) is 22.2. The van der Waals surface area contributed by atoms with Crippen LogP contribution in [-0.4, -0.2) is 50.8 Å². The van der Waals surface area contributed by atoms with E-state index in [1.54, 1.807) is 30.0 Å². The molecule has 2 aromatic heterocycles. The Morgan fingerprint density at radius 2 is 2.00 bits per heavy atom. The SMILES string of the molecule is Cn1c(=O)c(C(=O)O)c(N2CCC3(O)C(C2)C3(C)c2ccc(OC(F)(F)F)cn2)c2cc(Cl)ccc21. The van der Waals surface area contributed by atoms with Crippen LogP contribution in [0.2, 0.25) is 5.02 Å². The highest BCUT2D eigenvalue weighted by Gasteiger charge is 2.76. The van der Waals surface area contributed by atoms with Gasteiger partial charge in [0.1, 0.15) is 11.3 Å². The highest BCUT2D eigenvalue weighted by atomic mass is 35.5. The summed E-state index contributed by atoms with van der Waals surface area (Å²) in [6, 6.07) is 7.39. The van der Waals surface area contributed by atoms with Crippen molar-refractivity contribution in [3.8, 4) is 5.75 Å². The molecule has 36 heavy (non-hydrogen) atoms. The zero-order chi connectivity index (χ0) is 26.2. The minimum atomic E-state index is -4.85. The van der Waals surface area contributed by atoms with E-state index in [1.807, 2.05) is 0 Å².